The first-order valence-electron chi connectivity index (χ1n) is 6.18. The fourth-order valence-corrected chi connectivity index (χ4v) is 1.85. The summed E-state index contributed by atoms with van der Waals surface area (Å²) in [6, 6.07) is 10.9. The van der Waals surface area contributed by atoms with Gasteiger partial charge in [0.2, 0.25) is 0 Å². The molecule has 0 radical (unpaired) electrons. The van der Waals surface area contributed by atoms with Crippen LogP contribution in [0.25, 0.3) is 11.3 Å². The van der Waals surface area contributed by atoms with Crippen LogP contribution < -0.4 is 4.74 Å². The maximum Gasteiger partial charge on any atom is 0.573 e. The van der Waals surface area contributed by atoms with Gasteiger partial charge in [0.1, 0.15) is 17.5 Å². The molecule has 0 N–H and O–H groups in total. The van der Waals surface area contributed by atoms with Gasteiger partial charge in [0.15, 0.2) is 0 Å². The third-order valence-corrected chi connectivity index (χ3v) is 2.77. The van der Waals surface area contributed by atoms with E-state index in [1.165, 1.54) is 18.2 Å². The minimum atomic E-state index is -4.74. The van der Waals surface area contributed by atoms with E-state index < -0.39 is 6.36 Å². The molecule has 3 nitrogen and oxygen atoms in total. The number of aryl methyl sites for hydroxylation is 1. The van der Waals surface area contributed by atoms with Crippen LogP contribution in [-0.2, 0) is 6.42 Å². The summed E-state index contributed by atoms with van der Waals surface area (Å²) in [5.74, 6) is -0.317. The van der Waals surface area contributed by atoms with Crippen molar-refractivity contribution in [2.45, 2.75) is 19.7 Å². The first kappa shape index (κ1) is 14.9. The van der Waals surface area contributed by atoms with Gasteiger partial charge in [0.05, 0.1) is 5.69 Å². The molecule has 21 heavy (non-hydrogen) atoms. The van der Waals surface area contributed by atoms with Crippen molar-refractivity contribution in [2.24, 2.45) is 0 Å². The minimum Gasteiger partial charge on any atom is -0.406 e. The lowest BCUT2D eigenvalue weighted by atomic mass is 10.1. The fraction of sp³-hybridized carbons (Fsp3) is 0.200. The van der Waals surface area contributed by atoms with Gasteiger partial charge in [-0.15, -0.1) is 13.2 Å². The Balaban J connectivity index is 2.43. The number of ether oxygens (including phenoxy) is 1. The van der Waals surface area contributed by atoms with Crippen molar-refractivity contribution in [1.29, 1.82) is 5.26 Å². The molecular formula is C15H11F3N2O. The molecule has 0 saturated heterocycles. The van der Waals surface area contributed by atoms with E-state index in [4.69, 9.17) is 5.26 Å². The Morgan fingerprint density at radius 3 is 2.62 bits per heavy atom. The van der Waals surface area contributed by atoms with E-state index in [0.29, 0.717) is 17.7 Å². The zero-order valence-corrected chi connectivity index (χ0v) is 11.1. The molecular weight excluding hydrogens is 281 g/mol. The standard InChI is InChI=1S/C15H11F3N2O/c1-2-10-6-12(9-19)20-14(7-10)11-4-3-5-13(8-11)21-15(16,17)18/h3-8H,2H2,1H3. The summed E-state index contributed by atoms with van der Waals surface area (Å²) in [5.41, 5.74) is 2.02. The molecule has 0 saturated carbocycles. The van der Waals surface area contributed by atoms with Crippen molar-refractivity contribution in [2.75, 3.05) is 0 Å². The highest BCUT2D eigenvalue weighted by molar-refractivity contribution is 5.62. The van der Waals surface area contributed by atoms with Gasteiger partial charge >= 0.3 is 6.36 Å². The Morgan fingerprint density at radius 2 is 2.00 bits per heavy atom. The molecule has 1 heterocycles. The molecule has 0 fully saturated rings. The maximum atomic E-state index is 12.2. The van der Waals surface area contributed by atoms with Crippen LogP contribution >= 0.6 is 0 Å². The molecule has 6 heteroatoms. The summed E-state index contributed by atoms with van der Waals surface area (Å²) >= 11 is 0. The topological polar surface area (TPSA) is 45.9 Å². The molecule has 108 valence electrons. The number of nitriles is 1. The smallest absolute Gasteiger partial charge is 0.406 e. The van der Waals surface area contributed by atoms with E-state index in [-0.39, 0.29) is 11.4 Å². The molecule has 1 aromatic heterocycles. The number of halogens is 3. The lowest BCUT2D eigenvalue weighted by molar-refractivity contribution is -0.274. The molecule has 0 unspecified atom stereocenters. The van der Waals surface area contributed by atoms with Crippen molar-refractivity contribution >= 4 is 0 Å². The quantitative estimate of drug-likeness (QED) is 0.856. The third kappa shape index (κ3) is 3.96. The lowest BCUT2D eigenvalue weighted by Crippen LogP contribution is -2.17. The highest BCUT2D eigenvalue weighted by Gasteiger charge is 2.31. The number of hydrogen-bond acceptors (Lipinski definition) is 3. The second kappa shape index (κ2) is 5.83. The van der Waals surface area contributed by atoms with Crippen molar-refractivity contribution in [3.05, 3.63) is 47.7 Å². The molecule has 0 aliphatic carbocycles. The molecule has 1 aromatic carbocycles. The summed E-state index contributed by atoms with van der Waals surface area (Å²) in [6.45, 7) is 1.92. The van der Waals surface area contributed by atoms with Crippen molar-refractivity contribution < 1.29 is 17.9 Å². The number of benzene rings is 1. The van der Waals surface area contributed by atoms with Gasteiger partial charge in [-0.3, -0.25) is 0 Å². The Labute approximate surface area is 119 Å². The fourth-order valence-electron chi connectivity index (χ4n) is 1.85. The zero-order chi connectivity index (χ0) is 15.5. The monoisotopic (exact) mass is 292 g/mol. The summed E-state index contributed by atoms with van der Waals surface area (Å²) in [4.78, 5) is 4.11. The van der Waals surface area contributed by atoms with Crippen LogP contribution in [0.15, 0.2) is 36.4 Å². The molecule has 0 amide bonds. The normalized spacial score (nSPS) is 11.0. The van der Waals surface area contributed by atoms with Gasteiger partial charge in [-0.1, -0.05) is 19.1 Å². The second-order valence-corrected chi connectivity index (χ2v) is 4.29. The molecule has 0 spiro atoms. The van der Waals surface area contributed by atoms with E-state index in [2.05, 4.69) is 9.72 Å². The summed E-state index contributed by atoms with van der Waals surface area (Å²) in [7, 11) is 0. The number of pyridine rings is 1. The predicted molar refractivity (Wildman–Crippen MR) is 70.4 cm³/mol. The Kier molecular flexibility index (Phi) is 4.13. The highest BCUT2D eigenvalue weighted by atomic mass is 19.4. The first-order chi connectivity index (χ1) is 9.91. The van der Waals surface area contributed by atoms with Crippen LogP contribution in [0.5, 0.6) is 5.75 Å². The van der Waals surface area contributed by atoms with Gasteiger partial charge in [0, 0.05) is 5.56 Å². The first-order valence-corrected chi connectivity index (χ1v) is 6.18. The van der Waals surface area contributed by atoms with E-state index in [1.54, 1.807) is 18.2 Å². The summed E-state index contributed by atoms with van der Waals surface area (Å²) in [6.07, 6.45) is -4.04. The van der Waals surface area contributed by atoms with Crippen LogP contribution in [0.4, 0.5) is 13.2 Å². The number of nitrogens with zero attached hydrogens (tertiary/aromatic N) is 2. The number of aromatic nitrogens is 1. The lowest BCUT2D eigenvalue weighted by Gasteiger charge is -2.10. The van der Waals surface area contributed by atoms with Gasteiger partial charge in [0.25, 0.3) is 0 Å². The number of rotatable bonds is 3. The van der Waals surface area contributed by atoms with Gasteiger partial charge in [-0.05, 0) is 36.2 Å². The number of hydrogen-bond donors (Lipinski definition) is 0. The largest absolute Gasteiger partial charge is 0.573 e. The average Bonchev–Trinajstić information content (AvgIpc) is 2.45. The summed E-state index contributed by atoms with van der Waals surface area (Å²) < 4.78 is 40.6. The van der Waals surface area contributed by atoms with Crippen LogP contribution in [0.1, 0.15) is 18.2 Å². The van der Waals surface area contributed by atoms with Crippen molar-refractivity contribution in [3.63, 3.8) is 0 Å². The average molecular weight is 292 g/mol. The Bertz CT molecular complexity index is 690. The van der Waals surface area contributed by atoms with Crippen LogP contribution in [0, 0.1) is 11.3 Å². The molecule has 2 rings (SSSR count). The van der Waals surface area contributed by atoms with E-state index in [9.17, 15) is 13.2 Å². The number of alkyl halides is 3. The van der Waals surface area contributed by atoms with Crippen molar-refractivity contribution in [3.8, 4) is 23.1 Å². The molecule has 0 atom stereocenters. The van der Waals surface area contributed by atoms with Gasteiger partial charge in [-0.2, -0.15) is 5.26 Å². The zero-order valence-electron chi connectivity index (χ0n) is 11.1. The maximum absolute atomic E-state index is 12.2. The Hall–Kier alpha value is -2.55. The molecule has 0 aliphatic heterocycles. The van der Waals surface area contributed by atoms with Crippen LogP contribution in [-0.4, -0.2) is 11.3 Å². The SMILES string of the molecule is CCc1cc(C#N)nc(-c2cccc(OC(F)(F)F)c2)c1. The van der Waals surface area contributed by atoms with Crippen molar-refractivity contribution in [1.82, 2.24) is 4.98 Å². The van der Waals surface area contributed by atoms with Crippen LogP contribution in [0.3, 0.4) is 0 Å². The highest BCUT2D eigenvalue weighted by Crippen LogP contribution is 2.27. The van der Waals surface area contributed by atoms with Crippen LogP contribution in [0.2, 0.25) is 0 Å². The predicted octanol–water partition coefficient (Wildman–Crippen LogP) is 4.08. The third-order valence-electron chi connectivity index (χ3n) is 2.77. The van der Waals surface area contributed by atoms with E-state index in [1.807, 2.05) is 13.0 Å². The second-order valence-electron chi connectivity index (χ2n) is 4.29. The van der Waals surface area contributed by atoms with E-state index >= 15 is 0 Å². The van der Waals surface area contributed by atoms with Gasteiger partial charge in [-0.25, -0.2) is 4.98 Å². The molecule has 0 aliphatic rings. The molecule has 2 aromatic rings. The van der Waals surface area contributed by atoms with Gasteiger partial charge < -0.3 is 4.74 Å². The molecule has 0 bridgehead atoms. The summed E-state index contributed by atoms with van der Waals surface area (Å²) in [5, 5.41) is 8.95. The minimum absolute atomic E-state index is 0.228. The van der Waals surface area contributed by atoms with E-state index in [0.717, 1.165) is 5.56 Å². The Morgan fingerprint density at radius 1 is 1.24 bits per heavy atom.